The van der Waals surface area contributed by atoms with E-state index >= 15 is 0 Å². The van der Waals surface area contributed by atoms with Gasteiger partial charge in [-0.25, -0.2) is 0 Å². The molecule has 0 amide bonds. The third kappa shape index (κ3) is 7.34. The first-order valence-corrected chi connectivity index (χ1v) is 12.0. The summed E-state index contributed by atoms with van der Waals surface area (Å²) >= 11 is -0.299. The fourth-order valence-corrected chi connectivity index (χ4v) is 2.08. The fourth-order valence-electron chi connectivity index (χ4n) is 0.739. The molecule has 5 heteroatoms. The second-order valence-corrected chi connectivity index (χ2v) is 13.4. The summed E-state index contributed by atoms with van der Waals surface area (Å²) in [5, 5.41) is 0. The molecule has 0 N–H and O–H groups in total. The molecule has 0 aliphatic carbocycles. The van der Waals surface area contributed by atoms with Gasteiger partial charge in [-0.2, -0.15) is 0 Å². The van der Waals surface area contributed by atoms with Crippen molar-refractivity contribution in [3.8, 4) is 0 Å². The molecule has 0 saturated heterocycles. The van der Waals surface area contributed by atoms with Crippen molar-refractivity contribution in [2.45, 2.75) is 41.9 Å². The first-order chi connectivity index (χ1) is 6.69. The van der Waals surface area contributed by atoms with Crippen LogP contribution in [0.5, 0.6) is 0 Å². The summed E-state index contributed by atoms with van der Waals surface area (Å²) in [5.74, 6) is -0.0772. The molecule has 3 nitrogen and oxygen atoms in total. The van der Waals surface area contributed by atoms with Crippen molar-refractivity contribution in [2.75, 3.05) is 13.2 Å². The zero-order chi connectivity index (χ0) is 12.1. The third-order valence-corrected chi connectivity index (χ3v) is 6.31. The maximum absolute atomic E-state index is 11.6. The maximum atomic E-state index is 11.6. The van der Waals surface area contributed by atoms with Crippen LogP contribution in [0.1, 0.15) is 13.8 Å². The van der Waals surface area contributed by atoms with Gasteiger partial charge in [0.1, 0.15) is 0 Å². The van der Waals surface area contributed by atoms with Gasteiger partial charge < -0.3 is 0 Å². The predicted octanol–water partition coefficient (Wildman–Crippen LogP) is 2.33. The Kier molecular flexibility index (Phi) is 6.42. The third-order valence-electron chi connectivity index (χ3n) is 1.85. The van der Waals surface area contributed by atoms with Crippen LogP contribution in [0.15, 0.2) is 0 Å². The molecule has 90 valence electrons. The van der Waals surface area contributed by atoms with Gasteiger partial charge in [-0.15, -0.1) is 0 Å². The Morgan fingerprint density at radius 3 is 2.20 bits per heavy atom. The van der Waals surface area contributed by atoms with E-state index in [2.05, 4.69) is 24.6 Å². The minimum atomic E-state index is -1.47. The van der Waals surface area contributed by atoms with Crippen molar-refractivity contribution >= 4 is 35.2 Å². The van der Waals surface area contributed by atoms with Crippen molar-refractivity contribution in [3.05, 3.63) is 0 Å². The molecule has 0 saturated carbocycles. The summed E-state index contributed by atoms with van der Waals surface area (Å²) < 4.78 is 10.5. The van der Waals surface area contributed by atoms with Gasteiger partial charge in [0.25, 0.3) is 0 Å². The van der Waals surface area contributed by atoms with Crippen molar-refractivity contribution in [3.63, 3.8) is 0 Å². The van der Waals surface area contributed by atoms with Crippen LogP contribution >= 0.6 is 0 Å². The molecule has 0 heterocycles. The first kappa shape index (κ1) is 15.4. The van der Waals surface area contributed by atoms with Crippen LogP contribution in [0, 0.1) is 0 Å². The molecule has 0 radical (unpaired) electrons. The molecule has 0 rings (SSSR count). The number of carbonyl (C=O) groups is 1. The minimum absolute atomic E-state index is 0.0772. The predicted molar refractivity (Wildman–Crippen MR) is 65.9 cm³/mol. The topological polar surface area (TPSA) is 35.5 Å². The zero-order valence-electron chi connectivity index (χ0n) is 10.5. The van der Waals surface area contributed by atoms with E-state index in [4.69, 9.17) is 9.16 Å². The summed E-state index contributed by atoms with van der Waals surface area (Å²) in [6.45, 7) is 11.2. The van der Waals surface area contributed by atoms with E-state index in [0.717, 1.165) is 0 Å². The number of hydrogen-bond acceptors (Lipinski definition) is 3. The number of rotatable bonds is 6. The quantitative estimate of drug-likeness (QED) is 0.421. The first-order valence-electron chi connectivity index (χ1n) is 5.05. The second-order valence-electron chi connectivity index (χ2n) is 4.81. The number of carbonyl (C=O) groups excluding carboxylic acids is 1. The van der Waals surface area contributed by atoms with E-state index in [-0.39, 0.29) is 30.4 Å². The molecule has 0 spiro atoms. The van der Waals surface area contributed by atoms with Gasteiger partial charge in [0.2, 0.25) is 0 Å². The van der Waals surface area contributed by atoms with E-state index in [9.17, 15) is 4.79 Å². The Hall–Kier alpha value is 0.436. The van der Waals surface area contributed by atoms with Crippen LogP contribution in [0.25, 0.3) is 0 Å². The second kappa shape index (κ2) is 6.24. The van der Waals surface area contributed by atoms with Gasteiger partial charge in [0.05, 0.1) is 0 Å². The van der Waals surface area contributed by atoms with E-state index in [1.807, 2.05) is 13.8 Å². The molecule has 0 aromatic carbocycles. The number of esters is 1. The molecular weight excluding hydrogens is 324 g/mol. The van der Waals surface area contributed by atoms with Crippen LogP contribution in [-0.2, 0) is 14.0 Å². The molecule has 0 unspecified atom stereocenters. The number of hydrogen-bond donors (Lipinski definition) is 0. The Labute approximate surface area is 104 Å². The van der Waals surface area contributed by atoms with Crippen molar-refractivity contribution in [1.82, 2.24) is 0 Å². The molecule has 0 atom stereocenters. The zero-order valence-corrected chi connectivity index (χ0v) is 13.9. The van der Waals surface area contributed by atoms with Gasteiger partial charge >= 0.3 is 104 Å². The average Bonchev–Trinajstić information content (AvgIpc) is 2.10. The van der Waals surface area contributed by atoms with E-state index < -0.39 is 8.32 Å². The van der Waals surface area contributed by atoms with Crippen LogP contribution in [-0.4, -0.2) is 48.4 Å². The summed E-state index contributed by atoms with van der Waals surface area (Å²) in [5.41, 5.74) is 0. The van der Waals surface area contributed by atoms with Gasteiger partial charge in [-0.05, 0) is 0 Å². The molecular formula is C10H22O3SiTe. The van der Waals surface area contributed by atoms with Crippen LogP contribution in [0.3, 0.4) is 0 Å². The number of ether oxygens (including phenoxy) is 1. The van der Waals surface area contributed by atoms with Crippen LogP contribution in [0.2, 0.25) is 28.1 Å². The molecule has 15 heavy (non-hydrogen) atoms. The van der Waals surface area contributed by atoms with Crippen molar-refractivity contribution in [2.24, 2.45) is 0 Å². The summed E-state index contributed by atoms with van der Waals surface area (Å²) in [7, 11) is -1.47. The summed E-state index contributed by atoms with van der Waals surface area (Å²) in [6, 6.07) is 0. The Bertz CT molecular complexity index is 211. The van der Waals surface area contributed by atoms with Gasteiger partial charge in [0.15, 0.2) is 0 Å². The molecule has 0 aliphatic heterocycles. The molecule has 0 bridgehead atoms. The SMILES string of the molecule is C[Te]C(C)(C)C(=O)OCCO[Si](C)(C)C. The van der Waals surface area contributed by atoms with E-state index in [0.29, 0.717) is 13.2 Å². The Morgan fingerprint density at radius 1 is 1.27 bits per heavy atom. The fraction of sp³-hybridized carbons (Fsp3) is 0.900. The molecule has 0 aromatic rings. The van der Waals surface area contributed by atoms with Gasteiger partial charge in [0, 0.05) is 0 Å². The van der Waals surface area contributed by atoms with Crippen molar-refractivity contribution < 1.29 is 14.0 Å². The molecule has 0 aliphatic rings. The van der Waals surface area contributed by atoms with Crippen molar-refractivity contribution in [1.29, 1.82) is 0 Å². The van der Waals surface area contributed by atoms with E-state index in [1.54, 1.807) is 0 Å². The average molecular weight is 346 g/mol. The molecule has 0 fully saturated rings. The Balaban J connectivity index is 3.74. The Morgan fingerprint density at radius 2 is 1.80 bits per heavy atom. The normalized spacial score (nSPS) is 12.7. The van der Waals surface area contributed by atoms with Gasteiger partial charge in [-0.1, -0.05) is 0 Å². The summed E-state index contributed by atoms with van der Waals surface area (Å²) in [4.78, 5) is 13.7. The monoisotopic (exact) mass is 348 g/mol. The molecule has 0 aromatic heterocycles. The standard InChI is InChI=1S/C10H22O3SiTe/c1-10(2,15-6)9(11)12-7-8-13-14(3,4)5/h7-8H2,1-6H3. The van der Waals surface area contributed by atoms with Gasteiger partial charge in [-0.3, -0.25) is 0 Å². The van der Waals surface area contributed by atoms with E-state index in [1.165, 1.54) is 0 Å². The summed E-state index contributed by atoms with van der Waals surface area (Å²) in [6.07, 6.45) is 0. The van der Waals surface area contributed by atoms with Crippen LogP contribution < -0.4 is 0 Å². The van der Waals surface area contributed by atoms with Crippen LogP contribution in [0.4, 0.5) is 0 Å².